The second-order valence-electron chi connectivity index (χ2n) is 5.06. The molecule has 1 heterocycles. The summed E-state index contributed by atoms with van der Waals surface area (Å²) >= 11 is 0. The number of hydrogen-bond acceptors (Lipinski definition) is 4. The number of H-pyrrole nitrogens is 1. The number of pyridine rings is 1. The minimum atomic E-state index is -0.136. The monoisotopic (exact) mass is 278 g/mol. The zero-order valence-corrected chi connectivity index (χ0v) is 11.9. The molecule has 1 atom stereocenters. The number of nitrogens with one attached hydrogen (secondary N) is 2. The fraction of sp³-hybridized carbons (Fsp3) is 0.600. The maximum Gasteiger partial charge on any atom is 0.305 e. The second-order valence-corrected chi connectivity index (χ2v) is 5.06. The van der Waals surface area contributed by atoms with Crippen LogP contribution in [0, 0.1) is 0 Å². The Labute approximate surface area is 118 Å². The molecule has 1 aromatic heterocycles. The quantitative estimate of drug-likeness (QED) is 0.613. The first-order valence-corrected chi connectivity index (χ1v) is 7.32. The molecule has 0 saturated carbocycles. The van der Waals surface area contributed by atoms with Gasteiger partial charge in [-0.05, 0) is 44.7 Å². The fourth-order valence-electron chi connectivity index (χ4n) is 2.65. The summed E-state index contributed by atoms with van der Waals surface area (Å²) in [4.78, 5) is 25.5. The molecule has 0 saturated heterocycles. The number of esters is 1. The van der Waals surface area contributed by atoms with Crippen molar-refractivity contribution in [3.8, 4) is 0 Å². The molecule has 1 aromatic rings. The van der Waals surface area contributed by atoms with Crippen molar-refractivity contribution in [1.29, 1.82) is 0 Å². The first-order chi connectivity index (χ1) is 9.70. The van der Waals surface area contributed by atoms with Crippen LogP contribution >= 0.6 is 0 Å². The van der Waals surface area contributed by atoms with Crippen LogP contribution in [0.2, 0.25) is 0 Å². The van der Waals surface area contributed by atoms with Crippen LogP contribution in [0.25, 0.3) is 0 Å². The summed E-state index contributed by atoms with van der Waals surface area (Å²) < 4.78 is 4.90. The molecule has 20 heavy (non-hydrogen) atoms. The van der Waals surface area contributed by atoms with Crippen LogP contribution in [0.1, 0.15) is 49.9 Å². The SMILES string of the molecule is CCOC(=O)CCCNC1CCCc2[nH]c(=O)ccc21. The number of hydrogen-bond donors (Lipinski definition) is 2. The molecular weight excluding hydrogens is 256 g/mol. The number of aromatic nitrogens is 1. The zero-order valence-electron chi connectivity index (χ0n) is 11.9. The van der Waals surface area contributed by atoms with Gasteiger partial charge in [-0.1, -0.05) is 6.07 Å². The van der Waals surface area contributed by atoms with E-state index in [0.717, 1.165) is 37.9 Å². The third-order valence-electron chi connectivity index (χ3n) is 3.59. The number of fused-ring (bicyclic) bond motifs is 1. The van der Waals surface area contributed by atoms with Crippen LogP contribution in [0.5, 0.6) is 0 Å². The third kappa shape index (κ3) is 3.93. The van der Waals surface area contributed by atoms with E-state index in [1.54, 1.807) is 6.07 Å². The molecule has 5 nitrogen and oxygen atoms in total. The molecule has 1 unspecified atom stereocenters. The lowest BCUT2D eigenvalue weighted by Crippen LogP contribution is -2.28. The van der Waals surface area contributed by atoms with Crippen LogP contribution in [0.15, 0.2) is 16.9 Å². The average molecular weight is 278 g/mol. The Bertz CT molecular complexity index is 510. The summed E-state index contributed by atoms with van der Waals surface area (Å²) in [6.07, 6.45) is 4.30. The fourth-order valence-corrected chi connectivity index (χ4v) is 2.65. The van der Waals surface area contributed by atoms with E-state index in [2.05, 4.69) is 10.3 Å². The molecule has 5 heteroatoms. The first kappa shape index (κ1) is 14.8. The van der Waals surface area contributed by atoms with Crippen LogP contribution in [-0.4, -0.2) is 24.1 Å². The highest BCUT2D eigenvalue weighted by Crippen LogP contribution is 2.27. The standard InChI is InChI=1S/C15H22N2O3/c1-2-20-15(19)7-4-10-16-12-5-3-6-13-11(12)8-9-14(18)17-13/h8-9,12,16H,2-7,10H2,1H3,(H,17,18). The Morgan fingerprint density at radius 2 is 2.35 bits per heavy atom. The molecule has 0 aromatic carbocycles. The van der Waals surface area contributed by atoms with E-state index < -0.39 is 0 Å². The van der Waals surface area contributed by atoms with Gasteiger partial charge in [-0.15, -0.1) is 0 Å². The van der Waals surface area contributed by atoms with Gasteiger partial charge in [0.15, 0.2) is 0 Å². The lowest BCUT2D eigenvalue weighted by atomic mass is 9.91. The smallest absolute Gasteiger partial charge is 0.305 e. The van der Waals surface area contributed by atoms with Gasteiger partial charge in [0, 0.05) is 24.2 Å². The molecule has 0 bridgehead atoms. The molecule has 1 aliphatic carbocycles. The van der Waals surface area contributed by atoms with E-state index in [4.69, 9.17) is 4.74 Å². The van der Waals surface area contributed by atoms with E-state index in [-0.39, 0.29) is 17.6 Å². The summed E-state index contributed by atoms with van der Waals surface area (Å²) in [5.74, 6) is -0.136. The Morgan fingerprint density at radius 1 is 1.50 bits per heavy atom. The van der Waals surface area contributed by atoms with Gasteiger partial charge < -0.3 is 15.0 Å². The molecular formula is C15H22N2O3. The van der Waals surface area contributed by atoms with Gasteiger partial charge in [0.05, 0.1) is 6.61 Å². The second kappa shape index (κ2) is 7.24. The number of rotatable bonds is 6. The van der Waals surface area contributed by atoms with Crippen molar-refractivity contribution in [3.05, 3.63) is 33.7 Å². The van der Waals surface area contributed by atoms with Gasteiger partial charge >= 0.3 is 5.97 Å². The third-order valence-corrected chi connectivity index (χ3v) is 3.59. The van der Waals surface area contributed by atoms with E-state index in [1.807, 2.05) is 13.0 Å². The Morgan fingerprint density at radius 3 is 3.15 bits per heavy atom. The zero-order chi connectivity index (χ0) is 14.4. The number of aryl methyl sites for hydroxylation is 1. The van der Waals surface area contributed by atoms with E-state index in [9.17, 15) is 9.59 Å². The molecule has 0 aliphatic heterocycles. The van der Waals surface area contributed by atoms with Crippen molar-refractivity contribution >= 4 is 5.97 Å². The average Bonchev–Trinajstić information content (AvgIpc) is 2.43. The molecule has 2 N–H and O–H groups in total. The molecule has 110 valence electrons. The summed E-state index contributed by atoms with van der Waals surface area (Å²) in [5.41, 5.74) is 2.20. The van der Waals surface area contributed by atoms with Crippen LogP contribution in [-0.2, 0) is 16.0 Å². The van der Waals surface area contributed by atoms with E-state index >= 15 is 0 Å². The number of aromatic amines is 1. The summed E-state index contributed by atoms with van der Waals surface area (Å²) in [6, 6.07) is 3.77. The van der Waals surface area contributed by atoms with Crippen LogP contribution < -0.4 is 10.9 Å². The largest absolute Gasteiger partial charge is 0.466 e. The highest BCUT2D eigenvalue weighted by molar-refractivity contribution is 5.69. The summed E-state index contributed by atoms with van der Waals surface area (Å²) in [6.45, 7) is 3.04. The van der Waals surface area contributed by atoms with Crippen molar-refractivity contribution in [2.24, 2.45) is 0 Å². The van der Waals surface area contributed by atoms with Crippen molar-refractivity contribution in [2.45, 2.75) is 45.1 Å². The highest BCUT2D eigenvalue weighted by Gasteiger charge is 2.20. The van der Waals surface area contributed by atoms with Crippen LogP contribution in [0.3, 0.4) is 0 Å². The predicted octanol–water partition coefficient (Wildman–Crippen LogP) is 1.69. The van der Waals surface area contributed by atoms with Gasteiger partial charge in [0.2, 0.25) is 5.56 Å². The molecule has 0 fully saturated rings. The Kier molecular flexibility index (Phi) is 5.35. The van der Waals surface area contributed by atoms with Gasteiger partial charge in [-0.3, -0.25) is 9.59 Å². The van der Waals surface area contributed by atoms with E-state index in [1.165, 1.54) is 5.56 Å². The Balaban J connectivity index is 1.83. The Hall–Kier alpha value is -1.62. The van der Waals surface area contributed by atoms with Gasteiger partial charge in [0.1, 0.15) is 0 Å². The van der Waals surface area contributed by atoms with Gasteiger partial charge in [-0.2, -0.15) is 0 Å². The number of ether oxygens (including phenoxy) is 1. The predicted molar refractivity (Wildman–Crippen MR) is 76.6 cm³/mol. The molecule has 0 amide bonds. The van der Waals surface area contributed by atoms with Crippen molar-refractivity contribution < 1.29 is 9.53 Å². The minimum Gasteiger partial charge on any atom is -0.466 e. The van der Waals surface area contributed by atoms with Crippen LogP contribution in [0.4, 0.5) is 0 Å². The molecule has 0 radical (unpaired) electrons. The lowest BCUT2D eigenvalue weighted by molar-refractivity contribution is -0.143. The first-order valence-electron chi connectivity index (χ1n) is 7.32. The maximum atomic E-state index is 11.3. The van der Waals surface area contributed by atoms with Gasteiger partial charge in [-0.25, -0.2) is 0 Å². The van der Waals surface area contributed by atoms with Gasteiger partial charge in [0.25, 0.3) is 0 Å². The molecule has 1 aliphatic rings. The number of carbonyl (C=O) groups excluding carboxylic acids is 1. The minimum absolute atomic E-state index is 0.0355. The molecule has 0 spiro atoms. The topological polar surface area (TPSA) is 71.2 Å². The normalized spacial score (nSPS) is 17.6. The molecule has 2 rings (SSSR count). The summed E-state index contributed by atoms with van der Waals surface area (Å²) in [7, 11) is 0. The lowest BCUT2D eigenvalue weighted by Gasteiger charge is -2.26. The van der Waals surface area contributed by atoms with Crippen molar-refractivity contribution in [1.82, 2.24) is 10.3 Å². The van der Waals surface area contributed by atoms with Crippen molar-refractivity contribution in [3.63, 3.8) is 0 Å². The maximum absolute atomic E-state index is 11.3. The highest BCUT2D eigenvalue weighted by atomic mass is 16.5. The number of carbonyl (C=O) groups is 1. The van der Waals surface area contributed by atoms with E-state index in [0.29, 0.717) is 13.0 Å². The van der Waals surface area contributed by atoms with Crippen molar-refractivity contribution in [2.75, 3.05) is 13.2 Å². The summed E-state index contributed by atoms with van der Waals surface area (Å²) in [5, 5.41) is 3.46.